The van der Waals surface area contributed by atoms with Crippen LogP contribution in [0, 0.1) is 0 Å². The van der Waals surface area contributed by atoms with E-state index in [4.69, 9.17) is 20.4 Å². The molecule has 128 valence electrons. The smallest absolute Gasteiger partial charge is 1.00 e. The zero-order chi connectivity index (χ0) is 17.3. The monoisotopic (exact) mass is 394 g/mol. The van der Waals surface area contributed by atoms with Crippen LogP contribution in [0.25, 0.3) is 0 Å². The summed E-state index contributed by atoms with van der Waals surface area (Å²) in [5.74, 6) is -6.15. The standard InChI is InChI=1S/C7H6O2.C6H8O7.ClH.2Na/c8-7(9)6-4-2-1-3-5-6;7-3(8)1-6(13,5(11)12)2-4(9)10;;;/h1-5H,(H,8,9);13H,1-2H2,(H,7,8)(H,9,10)(H,11,12);1H;;/q;;;2*+1/p-2. The first-order valence-corrected chi connectivity index (χ1v) is 5.74. The van der Waals surface area contributed by atoms with Gasteiger partial charge in [-0.2, -0.15) is 0 Å². The van der Waals surface area contributed by atoms with Gasteiger partial charge in [0.2, 0.25) is 0 Å². The summed E-state index contributed by atoms with van der Waals surface area (Å²) >= 11 is 0. The van der Waals surface area contributed by atoms with E-state index in [1.165, 1.54) is 12.1 Å². The van der Waals surface area contributed by atoms with Crippen LogP contribution >= 0.6 is 0 Å². The maximum absolute atomic E-state index is 10.3. The third kappa shape index (κ3) is 14.2. The van der Waals surface area contributed by atoms with Crippen molar-refractivity contribution < 1.29 is 116 Å². The van der Waals surface area contributed by atoms with Crippen molar-refractivity contribution in [3.8, 4) is 0 Å². The van der Waals surface area contributed by atoms with E-state index in [1.807, 2.05) is 0 Å². The molecule has 0 atom stereocenters. The molecular weight excluding hydrogens is 382 g/mol. The number of carbonyl (C=O) groups excluding carboxylic acids is 1. The first-order chi connectivity index (χ1) is 10.1. The first-order valence-electron chi connectivity index (χ1n) is 5.74. The summed E-state index contributed by atoms with van der Waals surface area (Å²) in [6, 6.07) is 8.06. The van der Waals surface area contributed by atoms with Crippen LogP contribution in [0.3, 0.4) is 0 Å². The zero-order valence-corrected chi connectivity index (χ0v) is 18.3. The van der Waals surface area contributed by atoms with Crippen molar-refractivity contribution in [2.75, 3.05) is 0 Å². The summed E-state index contributed by atoms with van der Waals surface area (Å²) in [6.07, 6.45) is -2.29. The summed E-state index contributed by atoms with van der Waals surface area (Å²) in [5.41, 5.74) is -2.52. The zero-order valence-electron chi connectivity index (χ0n) is 13.5. The number of hydrogen-bond acceptors (Lipinski definition) is 6. The van der Waals surface area contributed by atoms with Crippen molar-refractivity contribution in [2.45, 2.75) is 18.4 Å². The molecule has 0 aliphatic carbocycles. The van der Waals surface area contributed by atoms with E-state index < -0.39 is 42.3 Å². The normalized spacial score (nSPS) is 8.84. The molecule has 0 unspecified atom stereocenters. The Labute approximate surface area is 193 Å². The van der Waals surface area contributed by atoms with Gasteiger partial charge in [0, 0.05) is 0 Å². The number of aromatic carboxylic acids is 1. The number of carbonyl (C=O) groups is 4. The van der Waals surface area contributed by atoms with Crippen LogP contribution in [0.4, 0.5) is 0 Å². The molecule has 12 heteroatoms. The van der Waals surface area contributed by atoms with Gasteiger partial charge < -0.3 is 42.7 Å². The fourth-order valence-electron chi connectivity index (χ4n) is 1.29. The van der Waals surface area contributed by atoms with Crippen LogP contribution in [0.15, 0.2) is 30.3 Å². The maximum Gasteiger partial charge on any atom is 1.00 e. The van der Waals surface area contributed by atoms with E-state index in [1.54, 1.807) is 18.2 Å². The molecule has 0 radical (unpaired) electrons. The van der Waals surface area contributed by atoms with Crippen LogP contribution < -0.4 is 76.6 Å². The predicted molar refractivity (Wildman–Crippen MR) is 67.9 cm³/mol. The average Bonchev–Trinajstić information content (AvgIpc) is 2.38. The van der Waals surface area contributed by atoms with Crippen molar-refractivity contribution in [2.24, 2.45) is 0 Å². The van der Waals surface area contributed by atoms with Gasteiger partial charge in [0.05, 0.1) is 18.8 Å². The Kier molecular flexibility index (Phi) is 20.0. The van der Waals surface area contributed by atoms with Crippen molar-refractivity contribution >= 4 is 23.9 Å². The number of carboxylic acids is 4. The fourth-order valence-corrected chi connectivity index (χ4v) is 1.29. The molecule has 9 nitrogen and oxygen atoms in total. The predicted octanol–water partition coefficient (Wildman–Crippen LogP) is -10.2. The van der Waals surface area contributed by atoms with Gasteiger partial charge in [-0.15, -0.1) is 0 Å². The number of carboxylic acid groups (broad SMARTS) is 4. The minimum Gasteiger partial charge on any atom is -1.00 e. The number of aliphatic hydroxyl groups is 1. The van der Waals surface area contributed by atoms with E-state index in [9.17, 15) is 24.3 Å². The summed E-state index contributed by atoms with van der Waals surface area (Å²) in [5, 5.41) is 43.9. The van der Waals surface area contributed by atoms with Gasteiger partial charge in [0.25, 0.3) is 0 Å². The maximum atomic E-state index is 10.3. The minimum atomic E-state index is -2.74. The van der Waals surface area contributed by atoms with Crippen molar-refractivity contribution in [3.05, 3.63) is 35.9 Å². The summed E-state index contributed by atoms with van der Waals surface area (Å²) in [4.78, 5) is 40.6. The SMILES string of the molecule is O=C(O)CC(O)(CC(=O)O)C(=O)O.O=C([O-])c1ccccc1.[Cl-].[Na+].[Na+]. The first kappa shape index (κ1) is 32.1. The fraction of sp³-hybridized carbons (Fsp3) is 0.231. The van der Waals surface area contributed by atoms with Gasteiger partial charge in [0.1, 0.15) is 0 Å². The molecular formula is C13H13ClNa2O9. The number of aliphatic carboxylic acids is 3. The van der Waals surface area contributed by atoms with Crippen molar-refractivity contribution in [1.82, 2.24) is 0 Å². The molecule has 0 aromatic heterocycles. The second-order valence-electron chi connectivity index (χ2n) is 4.13. The molecule has 25 heavy (non-hydrogen) atoms. The number of hydrogen-bond donors (Lipinski definition) is 4. The van der Waals surface area contributed by atoms with Gasteiger partial charge in [-0.1, -0.05) is 30.3 Å². The molecule has 0 heterocycles. The topological polar surface area (TPSA) is 172 Å². The molecule has 0 saturated carbocycles. The average molecular weight is 395 g/mol. The molecule has 0 spiro atoms. The van der Waals surface area contributed by atoms with E-state index >= 15 is 0 Å². The largest absolute Gasteiger partial charge is 1.00 e. The van der Waals surface area contributed by atoms with Gasteiger partial charge in [-0.25, -0.2) is 4.79 Å². The Morgan fingerprint density at radius 1 is 0.880 bits per heavy atom. The van der Waals surface area contributed by atoms with Crippen LogP contribution in [0.1, 0.15) is 23.2 Å². The van der Waals surface area contributed by atoms with E-state index in [0.29, 0.717) is 0 Å². The number of halogens is 1. The molecule has 1 aromatic rings. The third-order valence-electron chi connectivity index (χ3n) is 2.29. The second kappa shape index (κ2) is 15.6. The van der Waals surface area contributed by atoms with Crippen LogP contribution in [0.5, 0.6) is 0 Å². The minimum absolute atomic E-state index is 0. The Hall–Kier alpha value is -0.650. The third-order valence-corrected chi connectivity index (χ3v) is 2.29. The molecule has 0 aliphatic heterocycles. The molecule has 0 bridgehead atoms. The summed E-state index contributed by atoms with van der Waals surface area (Å²) in [6.45, 7) is 0. The molecule has 4 N–H and O–H groups in total. The molecule has 0 amide bonds. The molecule has 1 rings (SSSR count). The Balaban J connectivity index is -0.000000164. The Morgan fingerprint density at radius 3 is 1.44 bits per heavy atom. The van der Waals surface area contributed by atoms with Crippen LogP contribution in [0.2, 0.25) is 0 Å². The van der Waals surface area contributed by atoms with Gasteiger partial charge in [-0.05, 0) is 5.56 Å². The van der Waals surface area contributed by atoms with E-state index in [-0.39, 0.29) is 77.1 Å². The van der Waals surface area contributed by atoms with Gasteiger partial charge >= 0.3 is 77.0 Å². The van der Waals surface area contributed by atoms with Crippen molar-refractivity contribution in [1.29, 1.82) is 0 Å². The molecule has 0 fully saturated rings. The van der Waals surface area contributed by atoms with E-state index in [0.717, 1.165) is 0 Å². The van der Waals surface area contributed by atoms with Crippen molar-refractivity contribution in [3.63, 3.8) is 0 Å². The summed E-state index contributed by atoms with van der Waals surface area (Å²) < 4.78 is 0. The second-order valence-corrected chi connectivity index (χ2v) is 4.13. The Morgan fingerprint density at radius 2 is 1.24 bits per heavy atom. The summed E-state index contributed by atoms with van der Waals surface area (Å²) in [7, 11) is 0. The number of benzene rings is 1. The molecule has 0 saturated heterocycles. The van der Waals surface area contributed by atoms with Crippen LogP contribution in [-0.4, -0.2) is 49.9 Å². The number of rotatable bonds is 6. The Bertz CT molecular complexity index is 550. The van der Waals surface area contributed by atoms with Gasteiger partial charge in [-0.3, -0.25) is 9.59 Å². The van der Waals surface area contributed by atoms with Gasteiger partial charge in [0.15, 0.2) is 5.60 Å². The molecule has 0 aliphatic rings. The quantitative estimate of drug-likeness (QED) is 0.342. The molecule has 1 aromatic carbocycles. The van der Waals surface area contributed by atoms with E-state index in [2.05, 4.69) is 0 Å². The van der Waals surface area contributed by atoms with Crippen LogP contribution in [-0.2, 0) is 14.4 Å².